The lowest BCUT2D eigenvalue weighted by Crippen LogP contribution is -2.17. The molecule has 0 aromatic carbocycles. The van der Waals surface area contributed by atoms with Crippen LogP contribution in [0.15, 0.2) is 6.20 Å². The van der Waals surface area contributed by atoms with Crippen LogP contribution in [0.4, 0.5) is 0 Å². The van der Waals surface area contributed by atoms with E-state index in [1.54, 1.807) is 10.9 Å². The Hall–Kier alpha value is -1.19. The molecule has 4 nitrogen and oxygen atoms in total. The van der Waals surface area contributed by atoms with E-state index in [4.69, 9.17) is 0 Å². The van der Waals surface area contributed by atoms with Gasteiger partial charge in [0, 0.05) is 12.0 Å². The number of Topliss-reactive ketones (excluding diaryl/α,β-unsaturated/α-hetero) is 1. The van der Waals surface area contributed by atoms with Crippen molar-refractivity contribution in [2.75, 3.05) is 0 Å². The summed E-state index contributed by atoms with van der Waals surface area (Å²) >= 11 is 0. The first-order chi connectivity index (χ1) is 6.67. The molecule has 0 bridgehead atoms. The predicted octanol–water partition coefficient (Wildman–Crippen LogP) is 1.67. The standard InChI is InChI=1S/C10H15N3O/c1-3-6-13-8(7-11-12-13)9(14)10(2)4-5-10/h7H,3-6H2,1-2H3. The Morgan fingerprint density at radius 1 is 1.64 bits per heavy atom. The number of aromatic nitrogens is 3. The van der Waals surface area contributed by atoms with Crippen LogP contribution in [0.1, 0.15) is 43.6 Å². The molecule has 4 heteroatoms. The smallest absolute Gasteiger partial charge is 0.188 e. The van der Waals surface area contributed by atoms with Crippen molar-refractivity contribution in [1.82, 2.24) is 15.0 Å². The van der Waals surface area contributed by atoms with Gasteiger partial charge in [0.25, 0.3) is 0 Å². The van der Waals surface area contributed by atoms with Gasteiger partial charge in [-0.1, -0.05) is 19.1 Å². The summed E-state index contributed by atoms with van der Waals surface area (Å²) in [6, 6.07) is 0. The second kappa shape index (κ2) is 3.19. The molecule has 1 fully saturated rings. The SMILES string of the molecule is CCCn1nncc1C(=O)C1(C)CC1. The molecule has 0 saturated heterocycles. The van der Waals surface area contributed by atoms with Crippen LogP contribution in [0, 0.1) is 5.41 Å². The van der Waals surface area contributed by atoms with Crippen molar-refractivity contribution < 1.29 is 4.79 Å². The number of rotatable bonds is 4. The summed E-state index contributed by atoms with van der Waals surface area (Å²) in [4.78, 5) is 12.0. The maximum Gasteiger partial charge on any atom is 0.188 e. The predicted molar refractivity (Wildman–Crippen MR) is 52.0 cm³/mol. The third kappa shape index (κ3) is 1.45. The molecule has 2 rings (SSSR count). The first kappa shape index (κ1) is 9.37. The Morgan fingerprint density at radius 2 is 2.36 bits per heavy atom. The number of aryl methyl sites for hydroxylation is 1. The fourth-order valence-corrected chi connectivity index (χ4v) is 1.53. The van der Waals surface area contributed by atoms with Gasteiger partial charge in [0.05, 0.1) is 6.20 Å². The third-order valence-electron chi connectivity index (χ3n) is 2.83. The van der Waals surface area contributed by atoms with E-state index in [2.05, 4.69) is 17.2 Å². The van der Waals surface area contributed by atoms with Crippen molar-refractivity contribution in [3.05, 3.63) is 11.9 Å². The van der Waals surface area contributed by atoms with Crippen LogP contribution in [-0.4, -0.2) is 20.8 Å². The number of carbonyl (C=O) groups excluding carboxylic acids is 1. The van der Waals surface area contributed by atoms with E-state index in [0.717, 1.165) is 25.8 Å². The molecule has 0 spiro atoms. The summed E-state index contributed by atoms with van der Waals surface area (Å²) in [7, 11) is 0. The van der Waals surface area contributed by atoms with Gasteiger partial charge < -0.3 is 0 Å². The van der Waals surface area contributed by atoms with Crippen LogP contribution in [0.25, 0.3) is 0 Å². The van der Waals surface area contributed by atoms with Gasteiger partial charge in [0.2, 0.25) is 0 Å². The molecule has 1 aromatic rings. The Bertz CT molecular complexity index is 352. The minimum Gasteiger partial charge on any atom is -0.292 e. The molecule has 0 aliphatic heterocycles. The zero-order valence-corrected chi connectivity index (χ0v) is 8.66. The van der Waals surface area contributed by atoms with Gasteiger partial charge in [0.1, 0.15) is 5.69 Å². The van der Waals surface area contributed by atoms with Gasteiger partial charge >= 0.3 is 0 Å². The largest absolute Gasteiger partial charge is 0.292 e. The van der Waals surface area contributed by atoms with E-state index in [1.165, 1.54) is 0 Å². The summed E-state index contributed by atoms with van der Waals surface area (Å²) in [6.45, 7) is 4.85. The Labute approximate surface area is 83.3 Å². The van der Waals surface area contributed by atoms with E-state index in [0.29, 0.717) is 5.69 Å². The fraction of sp³-hybridized carbons (Fsp3) is 0.700. The first-order valence-corrected chi connectivity index (χ1v) is 5.11. The van der Waals surface area contributed by atoms with Crippen LogP contribution >= 0.6 is 0 Å². The molecular formula is C10H15N3O. The normalized spacial score (nSPS) is 18.1. The Balaban J connectivity index is 2.22. The van der Waals surface area contributed by atoms with E-state index in [-0.39, 0.29) is 11.2 Å². The van der Waals surface area contributed by atoms with Gasteiger partial charge in [-0.25, -0.2) is 4.68 Å². The van der Waals surface area contributed by atoms with Crippen LogP contribution in [0.3, 0.4) is 0 Å². The lowest BCUT2D eigenvalue weighted by Gasteiger charge is -2.07. The van der Waals surface area contributed by atoms with Crippen LogP contribution < -0.4 is 0 Å². The van der Waals surface area contributed by atoms with Crippen LogP contribution in [0.2, 0.25) is 0 Å². The highest BCUT2D eigenvalue weighted by molar-refractivity contribution is 6.00. The van der Waals surface area contributed by atoms with Gasteiger partial charge in [0.15, 0.2) is 5.78 Å². The first-order valence-electron chi connectivity index (χ1n) is 5.11. The molecule has 0 N–H and O–H groups in total. The van der Waals surface area contributed by atoms with Crippen molar-refractivity contribution in [3.8, 4) is 0 Å². The zero-order chi connectivity index (χ0) is 10.2. The Morgan fingerprint density at radius 3 is 2.93 bits per heavy atom. The summed E-state index contributed by atoms with van der Waals surface area (Å²) < 4.78 is 1.71. The maximum absolute atomic E-state index is 12.0. The fourth-order valence-electron chi connectivity index (χ4n) is 1.53. The van der Waals surface area contributed by atoms with Gasteiger partial charge in [-0.3, -0.25) is 4.79 Å². The summed E-state index contributed by atoms with van der Waals surface area (Å²) in [5.74, 6) is 0.205. The number of nitrogens with zero attached hydrogens (tertiary/aromatic N) is 3. The molecule has 1 saturated carbocycles. The molecule has 76 valence electrons. The number of hydrogen-bond donors (Lipinski definition) is 0. The van der Waals surface area contributed by atoms with Crippen molar-refractivity contribution in [2.24, 2.45) is 5.41 Å². The monoisotopic (exact) mass is 193 g/mol. The minimum absolute atomic E-state index is 0.118. The lowest BCUT2D eigenvalue weighted by atomic mass is 10.0. The second-order valence-electron chi connectivity index (χ2n) is 4.23. The molecule has 1 aromatic heterocycles. The molecule has 0 atom stereocenters. The van der Waals surface area contributed by atoms with E-state index in [1.807, 2.05) is 6.92 Å². The van der Waals surface area contributed by atoms with Gasteiger partial charge in [-0.05, 0) is 19.3 Å². The van der Waals surface area contributed by atoms with Crippen LogP contribution in [-0.2, 0) is 6.54 Å². The van der Waals surface area contributed by atoms with E-state index < -0.39 is 0 Å². The number of ketones is 1. The highest BCUT2D eigenvalue weighted by atomic mass is 16.1. The summed E-state index contributed by atoms with van der Waals surface area (Å²) in [5, 5.41) is 7.71. The number of carbonyl (C=O) groups is 1. The number of hydrogen-bond acceptors (Lipinski definition) is 3. The second-order valence-corrected chi connectivity index (χ2v) is 4.23. The molecule has 0 radical (unpaired) electrons. The highest BCUT2D eigenvalue weighted by Gasteiger charge is 2.46. The van der Waals surface area contributed by atoms with Gasteiger partial charge in [-0.2, -0.15) is 0 Å². The van der Waals surface area contributed by atoms with E-state index in [9.17, 15) is 4.79 Å². The molecular weight excluding hydrogens is 178 g/mol. The quantitative estimate of drug-likeness (QED) is 0.683. The lowest BCUT2D eigenvalue weighted by molar-refractivity contribution is 0.0901. The van der Waals surface area contributed by atoms with E-state index >= 15 is 0 Å². The molecule has 0 amide bonds. The van der Waals surface area contributed by atoms with Crippen molar-refractivity contribution in [3.63, 3.8) is 0 Å². The van der Waals surface area contributed by atoms with Gasteiger partial charge in [-0.15, -0.1) is 5.10 Å². The Kier molecular flexibility index (Phi) is 2.13. The highest BCUT2D eigenvalue weighted by Crippen LogP contribution is 2.47. The average molecular weight is 193 g/mol. The third-order valence-corrected chi connectivity index (χ3v) is 2.83. The molecule has 1 heterocycles. The zero-order valence-electron chi connectivity index (χ0n) is 8.66. The average Bonchev–Trinajstić information content (AvgIpc) is 2.76. The molecule has 1 aliphatic carbocycles. The molecule has 14 heavy (non-hydrogen) atoms. The molecule has 1 aliphatic rings. The maximum atomic E-state index is 12.0. The van der Waals surface area contributed by atoms with Crippen molar-refractivity contribution in [1.29, 1.82) is 0 Å². The molecule has 0 unspecified atom stereocenters. The summed E-state index contributed by atoms with van der Waals surface area (Å²) in [5.41, 5.74) is 0.555. The minimum atomic E-state index is -0.118. The van der Waals surface area contributed by atoms with Crippen LogP contribution in [0.5, 0.6) is 0 Å². The van der Waals surface area contributed by atoms with Crippen molar-refractivity contribution >= 4 is 5.78 Å². The summed E-state index contributed by atoms with van der Waals surface area (Å²) in [6.07, 6.45) is 4.56. The topological polar surface area (TPSA) is 47.8 Å². The van der Waals surface area contributed by atoms with Crippen molar-refractivity contribution in [2.45, 2.75) is 39.7 Å².